The topological polar surface area (TPSA) is 114 Å². The molecule has 0 aliphatic heterocycles. The van der Waals surface area contributed by atoms with Gasteiger partial charge in [0.25, 0.3) is 0 Å². The number of hydrogen-bond donors (Lipinski definition) is 0. The minimum atomic E-state index is -0.704. The fourth-order valence-electron chi connectivity index (χ4n) is 3.13. The predicted octanol–water partition coefficient (Wildman–Crippen LogP) is 3.70. The number of benzene rings is 1. The average molecular weight is 412 g/mol. The second-order valence-corrected chi connectivity index (χ2v) is 6.59. The van der Waals surface area contributed by atoms with Crippen LogP contribution in [0, 0.1) is 24.0 Å². The summed E-state index contributed by atoms with van der Waals surface area (Å²) in [6.07, 6.45) is 1.59. The molecule has 30 heavy (non-hydrogen) atoms. The van der Waals surface area contributed by atoms with Gasteiger partial charge in [0.05, 0.1) is 30.4 Å². The van der Waals surface area contributed by atoms with Crippen LogP contribution in [-0.4, -0.2) is 35.0 Å². The number of aryl methyl sites for hydroxylation is 1. The summed E-state index contributed by atoms with van der Waals surface area (Å²) < 4.78 is 17.3. The highest BCUT2D eigenvalue weighted by atomic mass is 16.6. The van der Waals surface area contributed by atoms with Crippen LogP contribution >= 0.6 is 0 Å². The molecule has 0 aliphatic carbocycles. The van der Waals surface area contributed by atoms with E-state index < -0.39 is 16.6 Å². The van der Waals surface area contributed by atoms with Crippen molar-refractivity contribution in [3.63, 3.8) is 0 Å². The van der Waals surface area contributed by atoms with E-state index in [4.69, 9.17) is 9.15 Å². The molecule has 156 valence electrons. The first-order valence-corrected chi connectivity index (χ1v) is 9.03. The number of furan rings is 1. The van der Waals surface area contributed by atoms with Gasteiger partial charge in [-0.05, 0) is 44.2 Å². The molecular weight excluding hydrogens is 392 g/mol. The van der Waals surface area contributed by atoms with Crippen LogP contribution in [0.1, 0.15) is 37.9 Å². The van der Waals surface area contributed by atoms with Crippen LogP contribution < -0.4 is 4.74 Å². The first kappa shape index (κ1) is 20.8. The van der Waals surface area contributed by atoms with E-state index in [1.807, 2.05) is 24.5 Å². The fraction of sp³-hybridized carbons (Fsp3) is 0.238. The van der Waals surface area contributed by atoms with E-state index in [0.29, 0.717) is 12.1 Å². The van der Waals surface area contributed by atoms with Crippen LogP contribution in [0.3, 0.4) is 0 Å². The maximum atomic E-state index is 12.7. The molecule has 0 fully saturated rings. The predicted molar refractivity (Wildman–Crippen MR) is 106 cm³/mol. The minimum Gasteiger partial charge on any atom is -0.478 e. The largest absolute Gasteiger partial charge is 0.478 e. The van der Waals surface area contributed by atoms with Gasteiger partial charge in [0, 0.05) is 23.0 Å². The fourth-order valence-corrected chi connectivity index (χ4v) is 3.13. The number of Topliss-reactive ketones (excluding diaryl/α,β-unsaturated/α-hetero) is 1. The molecule has 0 aliphatic rings. The number of ether oxygens (including phenoxy) is 2. The van der Waals surface area contributed by atoms with Gasteiger partial charge < -0.3 is 18.5 Å². The van der Waals surface area contributed by atoms with Gasteiger partial charge in [-0.25, -0.2) is 4.79 Å². The van der Waals surface area contributed by atoms with Crippen molar-refractivity contribution in [3.05, 3.63) is 81.1 Å². The molecule has 9 nitrogen and oxygen atoms in total. The first-order chi connectivity index (χ1) is 14.3. The molecule has 0 amide bonds. The molecule has 0 saturated carbocycles. The van der Waals surface area contributed by atoms with Gasteiger partial charge in [0.2, 0.25) is 5.78 Å². The Labute approximate surface area is 172 Å². The van der Waals surface area contributed by atoms with Gasteiger partial charge in [-0.1, -0.05) is 0 Å². The molecule has 3 rings (SSSR count). The average Bonchev–Trinajstić information content (AvgIpc) is 3.35. The molecule has 0 unspecified atom stereocenters. The van der Waals surface area contributed by atoms with Crippen molar-refractivity contribution in [3.8, 4) is 5.75 Å². The number of nitro groups is 1. The molecular formula is C21H20N2O7. The molecule has 9 heteroatoms. The Kier molecular flexibility index (Phi) is 6.01. The number of ketones is 1. The number of nitrogens with zero attached hydrogens (tertiary/aromatic N) is 2. The summed E-state index contributed by atoms with van der Waals surface area (Å²) in [5.74, 6) is -0.372. The van der Waals surface area contributed by atoms with Crippen LogP contribution in [0.4, 0.5) is 5.69 Å². The highest BCUT2D eigenvalue weighted by molar-refractivity contribution is 5.98. The van der Waals surface area contributed by atoms with Crippen LogP contribution in [-0.2, 0) is 11.3 Å². The van der Waals surface area contributed by atoms with Crippen molar-refractivity contribution in [2.45, 2.75) is 20.4 Å². The van der Waals surface area contributed by atoms with Crippen molar-refractivity contribution in [2.24, 2.45) is 0 Å². The van der Waals surface area contributed by atoms with Crippen LogP contribution in [0.2, 0.25) is 0 Å². The number of hydrogen-bond acceptors (Lipinski definition) is 7. The molecule has 0 saturated heterocycles. The van der Waals surface area contributed by atoms with Crippen LogP contribution in [0.5, 0.6) is 5.75 Å². The van der Waals surface area contributed by atoms with Crippen molar-refractivity contribution >= 4 is 17.4 Å². The second-order valence-electron chi connectivity index (χ2n) is 6.59. The normalized spacial score (nSPS) is 10.6. The van der Waals surface area contributed by atoms with E-state index in [9.17, 15) is 19.7 Å². The summed E-state index contributed by atoms with van der Waals surface area (Å²) in [5, 5.41) is 11.3. The van der Waals surface area contributed by atoms with E-state index >= 15 is 0 Å². The molecule has 3 aromatic rings. The highest BCUT2D eigenvalue weighted by Crippen LogP contribution is 2.29. The third-order valence-corrected chi connectivity index (χ3v) is 4.70. The number of carbonyl (C=O) groups excluding carboxylic acids is 2. The van der Waals surface area contributed by atoms with Gasteiger partial charge in [0.1, 0.15) is 5.76 Å². The lowest BCUT2D eigenvalue weighted by molar-refractivity contribution is -0.385. The Balaban J connectivity index is 1.77. The quantitative estimate of drug-likeness (QED) is 0.240. The molecule has 2 aromatic heterocycles. The van der Waals surface area contributed by atoms with Crippen molar-refractivity contribution in [2.75, 3.05) is 13.7 Å². The van der Waals surface area contributed by atoms with Gasteiger partial charge >= 0.3 is 11.7 Å². The van der Waals surface area contributed by atoms with E-state index in [2.05, 4.69) is 4.74 Å². The van der Waals surface area contributed by atoms with Crippen molar-refractivity contribution < 1.29 is 28.4 Å². The van der Waals surface area contributed by atoms with Gasteiger partial charge in [-0.2, -0.15) is 0 Å². The molecule has 1 aromatic carbocycles. The zero-order valence-corrected chi connectivity index (χ0v) is 16.7. The molecule has 0 bridgehead atoms. The third kappa shape index (κ3) is 4.24. The number of aromatic nitrogens is 1. The summed E-state index contributed by atoms with van der Waals surface area (Å²) in [7, 11) is 1.18. The van der Waals surface area contributed by atoms with E-state index in [1.54, 1.807) is 18.4 Å². The summed E-state index contributed by atoms with van der Waals surface area (Å²) in [4.78, 5) is 34.9. The Hall–Kier alpha value is -3.88. The smallest absolute Gasteiger partial charge is 0.338 e. The van der Waals surface area contributed by atoms with E-state index in [1.165, 1.54) is 19.2 Å². The van der Waals surface area contributed by atoms with Gasteiger partial charge in [-0.15, -0.1) is 0 Å². The number of rotatable bonds is 8. The number of carbonyl (C=O) groups is 2. The first-order valence-electron chi connectivity index (χ1n) is 9.03. The summed E-state index contributed by atoms with van der Waals surface area (Å²) >= 11 is 0. The zero-order valence-electron chi connectivity index (χ0n) is 16.7. The van der Waals surface area contributed by atoms with E-state index in [-0.39, 0.29) is 23.7 Å². The standard InChI is InChI=1S/C21H20N2O7/c1-13-9-17(14(2)22(13)11-16-5-4-8-29-16)19(24)12-30-20-7-6-15(21(25)28-3)10-18(20)23(26)27/h4-10H,11-12H2,1-3H3. The Morgan fingerprint density at radius 1 is 1.20 bits per heavy atom. The maximum absolute atomic E-state index is 12.7. The third-order valence-electron chi connectivity index (χ3n) is 4.70. The molecule has 0 atom stereocenters. The van der Waals surface area contributed by atoms with Crippen LogP contribution in [0.25, 0.3) is 0 Å². The lowest BCUT2D eigenvalue weighted by atomic mass is 10.1. The summed E-state index contributed by atoms with van der Waals surface area (Å²) in [5.41, 5.74) is 1.68. The molecule has 2 heterocycles. The monoisotopic (exact) mass is 412 g/mol. The maximum Gasteiger partial charge on any atom is 0.338 e. The SMILES string of the molecule is COC(=O)c1ccc(OCC(=O)c2cc(C)n(Cc3ccco3)c2C)c([N+](=O)[O-])c1. The van der Waals surface area contributed by atoms with Crippen LogP contribution in [0.15, 0.2) is 47.1 Å². The molecule has 0 N–H and O–H groups in total. The zero-order chi connectivity index (χ0) is 21.8. The number of nitro benzene ring substituents is 1. The van der Waals surface area contributed by atoms with Gasteiger partial charge in [0.15, 0.2) is 12.4 Å². The Morgan fingerprint density at radius 2 is 1.97 bits per heavy atom. The van der Waals surface area contributed by atoms with Gasteiger partial charge in [-0.3, -0.25) is 14.9 Å². The lowest BCUT2D eigenvalue weighted by Crippen LogP contribution is -2.14. The Morgan fingerprint density at radius 3 is 2.60 bits per heavy atom. The number of methoxy groups -OCH3 is 1. The summed E-state index contributed by atoms with van der Waals surface area (Å²) in [6.45, 7) is 3.80. The second kappa shape index (κ2) is 8.64. The highest BCUT2D eigenvalue weighted by Gasteiger charge is 2.22. The van der Waals surface area contributed by atoms with Crippen molar-refractivity contribution in [1.29, 1.82) is 0 Å². The lowest BCUT2D eigenvalue weighted by Gasteiger charge is -2.09. The molecule has 0 spiro atoms. The minimum absolute atomic E-state index is 0.0179. The summed E-state index contributed by atoms with van der Waals surface area (Å²) in [6, 6.07) is 9.06. The van der Waals surface area contributed by atoms with Crippen molar-refractivity contribution in [1.82, 2.24) is 4.57 Å². The van der Waals surface area contributed by atoms with E-state index in [0.717, 1.165) is 23.2 Å². The Bertz CT molecular complexity index is 1100. The molecule has 0 radical (unpaired) electrons. The number of esters is 1.